The number of carbonyl (C=O) groups is 4. The highest BCUT2D eigenvalue weighted by atomic mass is 16.2. The molecule has 8 nitrogen and oxygen atoms in total. The Morgan fingerprint density at radius 2 is 1.40 bits per heavy atom. The van der Waals surface area contributed by atoms with E-state index in [1.54, 1.807) is 12.1 Å². The Labute approximate surface area is 245 Å². The average Bonchev–Trinajstić information content (AvgIpc) is 3.23. The number of nitrogens with one attached hydrogen (secondary N) is 1. The number of carbonyl (C=O) groups excluding carboxylic acids is 4. The maximum atomic E-state index is 13.2. The van der Waals surface area contributed by atoms with Crippen LogP contribution in [-0.2, 0) is 16.1 Å². The van der Waals surface area contributed by atoms with Gasteiger partial charge in [0.25, 0.3) is 11.8 Å². The highest BCUT2D eigenvalue weighted by Gasteiger charge is 2.47. The van der Waals surface area contributed by atoms with Gasteiger partial charge in [-0.25, -0.2) is 0 Å². The zero-order valence-corrected chi connectivity index (χ0v) is 23.5. The highest BCUT2D eigenvalue weighted by molar-refractivity contribution is 6.23. The molecule has 1 spiro atoms. The van der Waals surface area contributed by atoms with Gasteiger partial charge in [0.2, 0.25) is 11.8 Å². The first kappa shape index (κ1) is 26.7. The Morgan fingerprint density at radius 3 is 2.02 bits per heavy atom. The van der Waals surface area contributed by atoms with Crippen molar-refractivity contribution >= 4 is 23.6 Å². The molecule has 3 fully saturated rings. The Hall–Kier alpha value is -4.14. The first-order chi connectivity index (χ1) is 20.4. The van der Waals surface area contributed by atoms with E-state index in [0.29, 0.717) is 16.5 Å². The summed E-state index contributed by atoms with van der Waals surface area (Å²) in [5.41, 5.74) is 4.64. The van der Waals surface area contributed by atoms with Crippen LogP contribution in [0.3, 0.4) is 0 Å². The summed E-state index contributed by atoms with van der Waals surface area (Å²) in [5.74, 6) is -1.88. The number of piperidine rings is 2. The second-order valence-electron chi connectivity index (χ2n) is 12.2. The topological polar surface area (TPSA) is 90.0 Å². The second kappa shape index (κ2) is 10.6. The fraction of sp³-hybridized carbons (Fsp3) is 0.353. The number of rotatable bonds is 6. The maximum absolute atomic E-state index is 13.2. The Kier molecular flexibility index (Phi) is 6.75. The summed E-state index contributed by atoms with van der Waals surface area (Å²) in [6, 6.07) is 26.3. The van der Waals surface area contributed by atoms with E-state index in [-0.39, 0.29) is 24.8 Å². The zero-order chi connectivity index (χ0) is 28.8. The van der Waals surface area contributed by atoms with E-state index >= 15 is 0 Å². The first-order valence-corrected chi connectivity index (χ1v) is 14.8. The second-order valence-corrected chi connectivity index (χ2v) is 12.2. The van der Waals surface area contributed by atoms with Crippen LogP contribution in [0.1, 0.15) is 69.1 Å². The van der Waals surface area contributed by atoms with Crippen LogP contribution in [0.5, 0.6) is 0 Å². The fourth-order valence-electron chi connectivity index (χ4n) is 7.35. The van der Waals surface area contributed by atoms with Gasteiger partial charge in [-0.05, 0) is 66.6 Å². The van der Waals surface area contributed by atoms with Crippen LogP contribution in [-0.4, -0.2) is 70.5 Å². The molecule has 4 aliphatic heterocycles. The highest BCUT2D eigenvalue weighted by Crippen LogP contribution is 2.44. The molecule has 8 heteroatoms. The summed E-state index contributed by atoms with van der Waals surface area (Å²) in [6.07, 6.45) is 2.58. The molecule has 0 saturated carbocycles. The summed E-state index contributed by atoms with van der Waals surface area (Å²) in [5, 5.41) is 2.25. The molecule has 0 aromatic heterocycles. The zero-order valence-electron chi connectivity index (χ0n) is 23.5. The van der Waals surface area contributed by atoms with Gasteiger partial charge in [0.1, 0.15) is 6.04 Å². The first-order valence-electron chi connectivity index (χ1n) is 14.8. The van der Waals surface area contributed by atoms with Crippen LogP contribution < -0.4 is 5.32 Å². The molecule has 3 saturated heterocycles. The lowest BCUT2D eigenvalue weighted by atomic mass is 9.71. The minimum absolute atomic E-state index is 0.114. The molecule has 4 heterocycles. The Morgan fingerprint density at radius 1 is 0.786 bits per heavy atom. The lowest BCUT2D eigenvalue weighted by Gasteiger charge is -2.55. The number of likely N-dealkylation sites (tertiary alicyclic amines) is 2. The summed E-state index contributed by atoms with van der Waals surface area (Å²) in [4.78, 5) is 56.2. The monoisotopic (exact) mass is 562 g/mol. The molecule has 3 aromatic rings. The van der Waals surface area contributed by atoms with Gasteiger partial charge in [-0.3, -0.25) is 39.2 Å². The smallest absolute Gasteiger partial charge is 0.262 e. The number of amides is 4. The third-order valence-corrected chi connectivity index (χ3v) is 9.48. The van der Waals surface area contributed by atoms with Crippen molar-refractivity contribution in [2.45, 2.75) is 44.3 Å². The quantitative estimate of drug-likeness (QED) is 0.460. The van der Waals surface area contributed by atoms with Gasteiger partial charge in [-0.15, -0.1) is 0 Å². The van der Waals surface area contributed by atoms with Gasteiger partial charge in [-0.2, -0.15) is 0 Å². The molecule has 0 radical (unpaired) electrons. The van der Waals surface area contributed by atoms with Crippen LogP contribution in [0.25, 0.3) is 0 Å². The van der Waals surface area contributed by atoms with Gasteiger partial charge < -0.3 is 0 Å². The Balaban J connectivity index is 0.984. The number of nitrogens with zero attached hydrogens (tertiary/aromatic N) is 3. The van der Waals surface area contributed by atoms with E-state index in [0.717, 1.165) is 56.0 Å². The van der Waals surface area contributed by atoms with Crippen molar-refractivity contribution in [2.75, 3.05) is 26.2 Å². The molecular weight excluding hydrogens is 528 g/mol. The summed E-state index contributed by atoms with van der Waals surface area (Å²) in [7, 11) is 0. The standard InChI is InChI=1S/C34H34N4O4/c39-29-14-13-28(31(40)35-29)38-32(41)26-12-11-23(19-27(26)33(38)42)20-36-21-34(22-36)15-17-37(18-16-34)30(24-7-3-1-4-8-24)25-9-5-2-6-10-25/h1-12,19,28,30H,13-18,20-22H2,(H,35,39,40). The molecule has 42 heavy (non-hydrogen) atoms. The van der Waals surface area contributed by atoms with Crippen molar-refractivity contribution in [1.29, 1.82) is 0 Å². The molecule has 7 rings (SSSR count). The van der Waals surface area contributed by atoms with Crippen LogP contribution >= 0.6 is 0 Å². The average molecular weight is 563 g/mol. The molecular formula is C34H34N4O4. The molecule has 214 valence electrons. The molecule has 4 aliphatic rings. The van der Waals surface area contributed by atoms with E-state index < -0.39 is 23.8 Å². The van der Waals surface area contributed by atoms with Gasteiger partial charge in [-0.1, -0.05) is 66.7 Å². The summed E-state index contributed by atoms with van der Waals surface area (Å²) in [6.45, 7) is 4.86. The van der Waals surface area contributed by atoms with Crippen molar-refractivity contribution in [3.63, 3.8) is 0 Å². The van der Waals surface area contributed by atoms with E-state index in [2.05, 4.69) is 75.8 Å². The third-order valence-electron chi connectivity index (χ3n) is 9.48. The van der Waals surface area contributed by atoms with E-state index in [1.165, 1.54) is 11.1 Å². The van der Waals surface area contributed by atoms with E-state index in [4.69, 9.17) is 0 Å². The van der Waals surface area contributed by atoms with Crippen LogP contribution in [0.4, 0.5) is 0 Å². The predicted octanol–water partition coefficient (Wildman–Crippen LogP) is 3.78. The number of hydrogen-bond donors (Lipinski definition) is 1. The van der Waals surface area contributed by atoms with Crippen molar-refractivity contribution in [3.8, 4) is 0 Å². The third kappa shape index (κ3) is 4.74. The van der Waals surface area contributed by atoms with Gasteiger partial charge in [0.15, 0.2) is 0 Å². The SMILES string of the molecule is O=C1CCC(N2C(=O)c3ccc(CN4CC5(CCN(C(c6ccccc6)c6ccccc6)CC5)C4)cc3C2=O)C(=O)N1. The van der Waals surface area contributed by atoms with Crippen molar-refractivity contribution in [2.24, 2.45) is 5.41 Å². The summed E-state index contributed by atoms with van der Waals surface area (Å²) >= 11 is 0. The number of benzene rings is 3. The van der Waals surface area contributed by atoms with Crippen LogP contribution in [0.2, 0.25) is 0 Å². The summed E-state index contributed by atoms with van der Waals surface area (Å²) < 4.78 is 0. The molecule has 1 unspecified atom stereocenters. The van der Waals surface area contributed by atoms with Crippen molar-refractivity contribution in [1.82, 2.24) is 20.0 Å². The lowest BCUT2D eigenvalue weighted by molar-refractivity contribution is -0.136. The maximum Gasteiger partial charge on any atom is 0.262 e. The van der Waals surface area contributed by atoms with E-state index in [9.17, 15) is 19.2 Å². The fourth-order valence-corrected chi connectivity index (χ4v) is 7.35. The molecule has 4 amide bonds. The van der Waals surface area contributed by atoms with Crippen molar-refractivity contribution < 1.29 is 19.2 Å². The molecule has 1 atom stereocenters. The largest absolute Gasteiger partial charge is 0.298 e. The number of hydrogen-bond acceptors (Lipinski definition) is 6. The van der Waals surface area contributed by atoms with Gasteiger partial charge in [0.05, 0.1) is 17.2 Å². The number of fused-ring (bicyclic) bond motifs is 1. The minimum atomic E-state index is -0.942. The molecule has 0 aliphatic carbocycles. The van der Waals surface area contributed by atoms with Crippen LogP contribution in [0.15, 0.2) is 78.9 Å². The minimum Gasteiger partial charge on any atom is -0.298 e. The van der Waals surface area contributed by atoms with Gasteiger partial charge >= 0.3 is 0 Å². The van der Waals surface area contributed by atoms with E-state index in [1.807, 2.05) is 6.07 Å². The number of imide groups is 2. The molecule has 0 bridgehead atoms. The van der Waals surface area contributed by atoms with Crippen molar-refractivity contribution in [3.05, 3.63) is 107 Å². The normalized spacial score (nSPS) is 22.4. The molecule has 1 N–H and O–H groups in total. The predicted molar refractivity (Wildman–Crippen MR) is 156 cm³/mol. The Bertz CT molecular complexity index is 1500. The molecule has 3 aromatic carbocycles. The lowest BCUT2D eigenvalue weighted by Crippen LogP contribution is -2.60. The van der Waals surface area contributed by atoms with Crippen LogP contribution in [0, 0.1) is 5.41 Å². The van der Waals surface area contributed by atoms with Gasteiger partial charge in [0, 0.05) is 26.1 Å².